The zero-order valence-corrected chi connectivity index (χ0v) is 17.5. The Labute approximate surface area is 165 Å². The second-order valence-corrected chi connectivity index (χ2v) is 10.7. The fraction of sp³-hybridized carbons (Fsp3) is 0.381. The number of thioether (sulfide) groups is 1. The van der Waals surface area contributed by atoms with Crippen LogP contribution in [0.1, 0.15) is 22.3 Å². The maximum Gasteiger partial charge on any atom is 0.164 e. The Kier molecular flexibility index (Phi) is 4.80. The second-order valence-electron chi connectivity index (χ2n) is 7.56. The Hall–Kier alpha value is -1.79. The molecule has 0 aromatic heterocycles. The van der Waals surface area contributed by atoms with Crippen LogP contribution in [0, 0.1) is 20.8 Å². The van der Waals surface area contributed by atoms with Gasteiger partial charge in [-0.25, -0.2) is 8.42 Å². The third kappa shape index (κ3) is 3.78. The number of nitrogens with zero attached hydrogens (tertiary/aromatic N) is 2. The molecule has 0 aliphatic carbocycles. The van der Waals surface area contributed by atoms with E-state index >= 15 is 0 Å². The minimum absolute atomic E-state index is 0.0862. The van der Waals surface area contributed by atoms with Gasteiger partial charge in [0.25, 0.3) is 0 Å². The fourth-order valence-electron chi connectivity index (χ4n) is 3.82. The topological polar surface area (TPSA) is 49.7 Å². The third-order valence-corrected chi connectivity index (χ3v) is 7.94. The van der Waals surface area contributed by atoms with Crippen LogP contribution in [-0.2, 0) is 15.6 Å². The minimum atomic E-state index is -3.02. The van der Waals surface area contributed by atoms with Gasteiger partial charge in [0, 0.05) is 11.4 Å². The number of fused-ring (bicyclic) bond motifs is 1. The van der Waals surface area contributed by atoms with E-state index < -0.39 is 9.84 Å². The van der Waals surface area contributed by atoms with E-state index in [4.69, 9.17) is 4.99 Å². The Morgan fingerprint density at radius 3 is 2.44 bits per heavy atom. The smallest absolute Gasteiger partial charge is 0.164 e. The van der Waals surface area contributed by atoms with Crippen LogP contribution in [0.3, 0.4) is 0 Å². The molecule has 2 atom stereocenters. The van der Waals surface area contributed by atoms with Crippen molar-refractivity contribution in [2.45, 2.75) is 38.6 Å². The molecule has 2 aromatic carbocycles. The Balaban J connectivity index is 1.64. The third-order valence-electron chi connectivity index (χ3n) is 5.21. The first-order chi connectivity index (χ1) is 12.8. The van der Waals surface area contributed by atoms with Crippen LogP contribution in [0.4, 0.5) is 5.69 Å². The highest BCUT2D eigenvalue weighted by molar-refractivity contribution is 8.13. The summed E-state index contributed by atoms with van der Waals surface area (Å²) in [7, 11) is -3.02. The molecule has 0 N–H and O–H groups in total. The monoisotopic (exact) mass is 400 g/mol. The van der Waals surface area contributed by atoms with E-state index in [1.54, 1.807) is 11.8 Å². The highest BCUT2D eigenvalue weighted by Gasteiger charge is 2.47. The van der Waals surface area contributed by atoms with Crippen LogP contribution in [0.2, 0.25) is 0 Å². The number of rotatable bonds is 3. The van der Waals surface area contributed by atoms with Crippen molar-refractivity contribution in [3.8, 4) is 0 Å². The molecule has 1 fully saturated rings. The number of benzene rings is 2. The average molecular weight is 401 g/mol. The molecule has 1 saturated heterocycles. The van der Waals surface area contributed by atoms with Crippen molar-refractivity contribution in [3.63, 3.8) is 0 Å². The van der Waals surface area contributed by atoms with E-state index in [1.165, 1.54) is 16.7 Å². The summed E-state index contributed by atoms with van der Waals surface area (Å²) in [6.07, 6.45) is 0. The van der Waals surface area contributed by atoms with Crippen molar-refractivity contribution in [1.29, 1.82) is 0 Å². The highest BCUT2D eigenvalue weighted by Crippen LogP contribution is 2.37. The van der Waals surface area contributed by atoms with Crippen LogP contribution in [-0.4, -0.2) is 37.2 Å². The van der Waals surface area contributed by atoms with E-state index in [2.05, 4.69) is 68.1 Å². The second kappa shape index (κ2) is 6.99. The predicted octanol–water partition coefficient (Wildman–Crippen LogP) is 3.89. The summed E-state index contributed by atoms with van der Waals surface area (Å²) in [5.74, 6) is 1.17. The molecule has 142 valence electrons. The van der Waals surface area contributed by atoms with Crippen molar-refractivity contribution < 1.29 is 8.42 Å². The van der Waals surface area contributed by atoms with Gasteiger partial charge in [0.1, 0.15) is 0 Å². The Morgan fingerprint density at radius 1 is 1.04 bits per heavy atom. The van der Waals surface area contributed by atoms with Gasteiger partial charge in [-0.05, 0) is 38.0 Å². The summed E-state index contributed by atoms with van der Waals surface area (Å²) < 4.78 is 24.4. The van der Waals surface area contributed by atoms with Gasteiger partial charge in [-0.1, -0.05) is 59.3 Å². The van der Waals surface area contributed by atoms with E-state index in [0.717, 1.165) is 22.2 Å². The summed E-state index contributed by atoms with van der Waals surface area (Å²) >= 11 is 1.70. The van der Waals surface area contributed by atoms with Crippen molar-refractivity contribution in [2.24, 2.45) is 4.99 Å². The van der Waals surface area contributed by atoms with Gasteiger partial charge in [0.15, 0.2) is 15.0 Å². The molecule has 0 radical (unpaired) electrons. The molecular formula is C21H24N2O2S2. The zero-order valence-electron chi connectivity index (χ0n) is 15.8. The van der Waals surface area contributed by atoms with Crippen LogP contribution < -0.4 is 4.90 Å². The molecular weight excluding hydrogens is 376 g/mol. The molecule has 2 aliphatic rings. The van der Waals surface area contributed by atoms with Crippen molar-refractivity contribution >= 4 is 32.5 Å². The molecule has 0 unspecified atom stereocenters. The minimum Gasteiger partial charge on any atom is -0.315 e. The van der Waals surface area contributed by atoms with Gasteiger partial charge < -0.3 is 4.90 Å². The van der Waals surface area contributed by atoms with Crippen molar-refractivity contribution in [1.82, 2.24) is 0 Å². The lowest BCUT2D eigenvalue weighted by molar-refractivity contribution is 0.601. The number of sulfone groups is 1. The summed E-state index contributed by atoms with van der Waals surface area (Å²) in [4.78, 5) is 7.00. The zero-order chi connectivity index (χ0) is 19.2. The predicted molar refractivity (Wildman–Crippen MR) is 115 cm³/mol. The number of anilines is 1. The first-order valence-electron chi connectivity index (χ1n) is 9.15. The van der Waals surface area contributed by atoms with Gasteiger partial charge in [-0.3, -0.25) is 4.99 Å². The van der Waals surface area contributed by atoms with Gasteiger partial charge in [0.05, 0.1) is 23.6 Å². The first-order valence-corrected chi connectivity index (χ1v) is 12.0. The summed E-state index contributed by atoms with van der Waals surface area (Å²) in [5, 5.41) is 0.937. The Bertz CT molecular complexity index is 997. The number of aryl methyl sites for hydroxylation is 3. The standard InChI is InChI=1S/C21H24N2O2S2/c1-14-4-7-17(8-5-14)11-26-21-22-18-12-27(24,25)13-20(18)23(21)19-9-6-15(2)10-16(19)3/h4-10,18,20H,11-13H2,1-3H3/t18-,20+/m1/s1. The number of amidine groups is 1. The quantitative estimate of drug-likeness (QED) is 0.784. The van der Waals surface area contributed by atoms with Gasteiger partial charge >= 0.3 is 0 Å². The lowest BCUT2D eigenvalue weighted by Gasteiger charge is -2.28. The lowest BCUT2D eigenvalue weighted by atomic mass is 10.1. The first kappa shape index (κ1) is 18.6. The summed E-state index contributed by atoms with van der Waals surface area (Å²) in [6, 6.07) is 14.6. The fourth-order valence-corrected chi connectivity index (χ4v) is 6.74. The molecule has 6 heteroatoms. The average Bonchev–Trinajstić information content (AvgIpc) is 3.06. The molecule has 2 aromatic rings. The molecule has 0 spiro atoms. The van der Waals surface area contributed by atoms with Crippen molar-refractivity contribution in [3.05, 3.63) is 64.7 Å². The van der Waals surface area contributed by atoms with Gasteiger partial charge in [-0.15, -0.1) is 0 Å². The van der Waals surface area contributed by atoms with E-state index in [1.807, 2.05) is 0 Å². The van der Waals surface area contributed by atoms with Gasteiger partial charge in [0.2, 0.25) is 0 Å². The summed E-state index contributed by atoms with van der Waals surface area (Å²) in [6.45, 7) is 6.24. The molecule has 0 bridgehead atoms. The summed E-state index contributed by atoms with van der Waals surface area (Å²) in [5.41, 5.74) is 5.93. The van der Waals surface area contributed by atoms with Gasteiger partial charge in [-0.2, -0.15) is 0 Å². The van der Waals surface area contributed by atoms with E-state index in [0.29, 0.717) is 0 Å². The SMILES string of the molecule is Cc1ccc(CSC2=N[C@@H]3CS(=O)(=O)C[C@@H]3N2c2ccc(C)cc2C)cc1. The molecule has 4 rings (SSSR count). The molecule has 2 heterocycles. The lowest BCUT2D eigenvalue weighted by Crippen LogP contribution is -2.39. The van der Waals surface area contributed by atoms with Crippen LogP contribution >= 0.6 is 11.8 Å². The maximum atomic E-state index is 12.2. The van der Waals surface area contributed by atoms with Crippen LogP contribution in [0.5, 0.6) is 0 Å². The van der Waals surface area contributed by atoms with E-state index in [9.17, 15) is 8.42 Å². The molecule has 4 nitrogen and oxygen atoms in total. The number of hydrogen-bond donors (Lipinski definition) is 0. The number of hydrogen-bond acceptors (Lipinski definition) is 5. The largest absolute Gasteiger partial charge is 0.315 e. The molecule has 0 amide bonds. The molecule has 2 aliphatic heterocycles. The van der Waals surface area contributed by atoms with E-state index in [-0.39, 0.29) is 23.6 Å². The number of aliphatic imine (C=N–C) groups is 1. The maximum absolute atomic E-state index is 12.2. The normalized spacial score (nSPS) is 23.4. The van der Waals surface area contributed by atoms with Crippen LogP contribution in [0.15, 0.2) is 47.5 Å². The molecule has 0 saturated carbocycles. The van der Waals surface area contributed by atoms with Crippen LogP contribution in [0.25, 0.3) is 0 Å². The highest BCUT2D eigenvalue weighted by atomic mass is 32.2. The Morgan fingerprint density at radius 2 is 1.74 bits per heavy atom. The molecule has 27 heavy (non-hydrogen) atoms. The van der Waals surface area contributed by atoms with Crippen molar-refractivity contribution in [2.75, 3.05) is 16.4 Å².